The third-order valence-electron chi connectivity index (χ3n) is 11.0. The summed E-state index contributed by atoms with van der Waals surface area (Å²) < 4.78 is 11.9. The monoisotopic (exact) mass is 752 g/mol. The third-order valence-corrected chi connectivity index (χ3v) is 11.0. The lowest BCUT2D eigenvalue weighted by molar-refractivity contribution is -0.150. The van der Waals surface area contributed by atoms with Gasteiger partial charge in [0.1, 0.15) is 11.6 Å². The van der Waals surface area contributed by atoms with Gasteiger partial charge in [-0.3, -0.25) is 14.4 Å². The minimum atomic E-state index is -1.55. The van der Waals surface area contributed by atoms with Crippen LogP contribution in [0.2, 0.25) is 0 Å². The van der Waals surface area contributed by atoms with E-state index in [0.29, 0.717) is 18.9 Å². The fourth-order valence-corrected chi connectivity index (χ4v) is 7.51. The number of ether oxygens (including phenoxy) is 2. The molecule has 2 heterocycles. The van der Waals surface area contributed by atoms with Gasteiger partial charge in [0.15, 0.2) is 0 Å². The summed E-state index contributed by atoms with van der Waals surface area (Å²) >= 11 is 0. The van der Waals surface area contributed by atoms with Crippen molar-refractivity contribution in [2.45, 2.75) is 129 Å². The van der Waals surface area contributed by atoms with E-state index in [1.807, 2.05) is 50.2 Å². The van der Waals surface area contributed by atoms with Crippen LogP contribution in [0.1, 0.15) is 98.2 Å². The second-order valence-electron chi connectivity index (χ2n) is 15.7. The van der Waals surface area contributed by atoms with Crippen LogP contribution in [-0.4, -0.2) is 112 Å². The molecule has 1 aliphatic heterocycles. The standard InChI is InChI=1S/C41H64N6O7/c1-12-27(6)35(46(9)38(50)34(26(4)5)44-40-42-21-20-30(43-40)25(2)3)32(53-10)23-33(48)47-22-16-19-31(47)36(54-11)28(7)37(49)45-41(8,39(51)52)24-29-17-14-13-15-18-29/h13-15,17-18,20-21,25-28,31-32,34-36H,12,16,19,22-24H2,1-11H3,(H,45,49)(H,51,52)(H,42,43,44)/t27-,28+,31-,32+,34-,35-,36+,41-/m0/s1. The van der Waals surface area contributed by atoms with Gasteiger partial charge in [0.05, 0.1) is 36.6 Å². The molecule has 3 rings (SSSR count). The number of rotatable bonds is 20. The number of amides is 3. The van der Waals surface area contributed by atoms with Crippen molar-refractivity contribution in [2.75, 3.05) is 33.1 Å². The average molecular weight is 753 g/mol. The molecule has 0 unspecified atom stereocenters. The number of likely N-dealkylation sites (N-methyl/N-ethyl adjacent to an activating group) is 1. The van der Waals surface area contributed by atoms with Gasteiger partial charge >= 0.3 is 5.97 Å². The molecule has 0 radical (unpaired) electrons. The summed E-state index contributed by atoms with van der Waals surface area (Å²) in [6.45, 7) is 15.8. The van der Waals surface area contributed by atoms with Crippen LogP contribution in [0.25, 0.3) is 0 Å². The zero-order chi connectivity index (χ0) is 40.3. The highest BCUT2D eigenvalue weighted by molar-refractivity contribution is 5.88. The maximum Gasteiger partial charge on any atom is 0.329 e. The number of hydrogen-bond acceptors (Lipinski definition) is 9. The SMILES string of the molecule is CC[C@H](C)[C@@H]([C@@H](CC(=O)N1CCC[C@H]1[C@H](OC)[C@@H](C)C(=O)N[C@@](C)(Cc1ccccc1)C(=O)O)OC)N(C)C(=O)[C@@H](Nc1nccc(C(C)C)n1)C(C)C. The fraction of sp³-hybridized carbons (Fsp3) is 0.659. The molecule has 1 fully saturated rings. The van der Waals surface area contributed by atoms with E-state index in [2.05, 4.69) is 48.3 Å². The summed E-state index contributed by atoms with van der Waals surface area (Å²) in [5.74, 6) is -2.19. The molecule has 3 N–H and O–H groups in total. The smallest absolute Gasteiger partial charge is 0.329 e. The number of benzene rings is 1. The number of aromatic nitrogens is 2. The Balaban J connectivity index is 1.80. The Labute approximate surface area is 322 Å². The van der Waals surface area contributed by atoms with Crippen molar-refractivity contribution in [3.05, 3.63) is 53.9 Å². The lowest BCUT2D eigenvalue weighted by atomic mass is 9.89. The molecule has 0 spiro atoms. The van der Waals surface area contributed by atoms with Crippen molar-refractivity contribution < 1.29 is 33.8 Å². The number of methoxy groups -OCH3 is 2. The number of carbonyl (C=O) groups is 4. The lowest BCUT2D eigenvalue weighted by Gasteiger charge is -2.41. The molecule has 1 aliphatic rings. The van der Waals surface area contributed by atoms with Gasteiger partial charge in [-0.25, -0.2) is 14.8 Å². The molecular weight excluding hydrogens is 688 g/mol. The number of aliphatic carboxylic acids is 1. The van der Waals surface area contributed by atoms with E-state index >= 15 is 0 Å². The van der Waals surface area contributed by atoms with Crippen molar-refractivity contribution in [1.29, 1.82) is 0 Å². The molecule has 1 aromatic carbocycles. The normalized spacial score (nSPS) is 19.0. The van der Waals surface area contributed by atoms with E-state index in [-0.39, 0.29) is 42.4 Å². The first kappa shape index (κ1) is 44.3. The van der Waals surface area contributed by atoms with Crippen molar-refractivity contribution >= 4 is 29.6 Å². The summed E-state index contributed by atoms with van der Waals surface area (Å²) in [6.07, 6.45) is 2.60. The minimum Gasteiger partial charge on any atom is -0.480 e. The van der Waals surface area contributed by atoms with E-state index in [0.717, 1.165) is 24.1 Å². The molecular formula is C41H64N6O7. The fourth-order valence-electron chi connectivity index (χ4n) is 7.51. The van der Waals surface area contributed by atoms with Gasteiger partial charge in [0.25, 0.3) is 0 Å². The summed E-state index contributed by atoms with van der Waals surface area (Å²) in [5, 5.41) is 16.2. The molecule has 1 saturated heterocycles. The first-order valence-electron chi connectivity index (χ1n) is 19.3. The number of likely N-dealkylation sites (tertiary alicyclic amines) is 1. The van der Waals surface area contributed by atoms with Crippen LogP contribution in [0.3, 0.4) is 0 Å². The largest absolute Gasteiger partial charge is 0.480 e. The predicted molar refractivity (Wildman–Crippen MR) is 209 cm³/mol. The number of nitrogens with zero attached hydrogens (tertiary/aromatic N) is 4. The summed E-state index contributed by atoms with van der Waals surface area (Å²) in [7, 11) is 4.84. The van der Waals surface area contributed by atoms with E-state index in [1.165, 1.54) is 14.0 Å². The zero-order valence-electron chi connectivity index (χ0n) is 34.2. The Kier molecular flexibility index (Phi) is 16.4. The number of anilines is 1. The predicted octanol–water partition coefficient (Wildman–Crippen LogP) is 5.16. The molecule has 0 bridgehead atoms. The molecule has 300 valence electrons. The highest BCUT2D eigenvalue weighted by Gasteiger charge is 2.44. The van der Waals surface area contributed by atoms with Gasteiger partial charge in [-0.2, -0.15) is 0 Å². The lowest BCUT2D eigenvalue weighted by Crippen LogP contribution is -2.58. The van der Waals surface area contributed by atoms with Gasteiger partial charge in [-0.05, 0) is 49.1 Å². The summed E-state index contributed by atoms with van der Waals surface area (Å²) in [6, 6.07) is 9.56. The Morgan fingerprint density at radius 1 is 1.04 bits per heavy atom. The van der Waals surface area contributed by atoms with E-state index in [4.69, 9.17) is 9.47 Å². The minimum absolute atomic E-state index is 0.00530. The van der Waals surface area contributed by atoms with Crippen LogP contribution in [0.15, 0.2) is 42.6 Å². The van der Waals surface area contributed by atoms with Crippen LogP contribution in [-0.2, 0) is 35.1 Å². The van der Waals surface area contributed by atoms with Crippen molar-refractivity contribution in [3.63, 3.8) is 0 Å². The van der Waals surface area contributed by atoms with Crippen LogP contribution < -0.4 is 10.6 Å². The average Bonchev–Trinajstić information content (AvgIpc) is 3.63. The molecule has 0 aliphatic carbocycles. The van der Waals surface area contributed by atoms with Crippen molar-refractivity contribution in [2.24, 2.45) is 17.8 Å². The van der Waals surface area contributed by atoms with Crippen LogP contribution >= 0.6 is 0 Å². The van der Waals surface area contributed by atoms with E-state index in [1.54, 1.807) is 37.1 Å². The Bertz CT molecular complexity index is 1540. The van der Waals surface area contributed by atoms with Crippen LogP contribution in [0.4, 0.5) is 5.95 Å². The topological polar surface area (TPSA) is 163 Å². The van der Waals surface area contributed by atoms with Gasteiger partial charge in [0, 0.05) is 46.1 Å². The van der Waals surface area contributed by atoms with E-state index < -0.39 is 53.7 Å². The molecule has 13 heteroatoms. The number of hydrogen-bond donors (Lipinski definition) is 3. The van der Waals surface area contributed by atoms with Crippen molar-refractivity contribution in [3.8, 4) is 0 Å². The Morgan fingerprint density at radius 3 is 2.26 bits per heavy atom. The second-order valence-corrected chi connectivity index (χ2v) is 15.7. The molecule has 3 amide bonds. The third kappa shape index (κ3) is 11.0. The Morgan fingerprint density at radius 2 is 1.70 bits per heavy atom. The molecule has 1 aromatic heterocycles. The summed E-state index contributed by atoms with van der Waals surface area (Å²) in [4.78, 5) is 67.1. The van der Waals surface area contributed by atoms with Crippen LogP contribution in [0.5, 0.6) is 0 Å². The van der Waals surface area contributed by atoms with Gasteiger partial charge < -0.3 is 35.0 Å². The first-order valence-corrected chi connectivity index (χ1v) is 19.3. The number of nitrogens with one attached hydrogen (secondary N) is 2. The molecule has 54 heavy (non-hydrogen) atoms. The summed E-state index contributed by atoms with van der Waals surface area (Å²) in [5.41, 5.74) is 0.105. The zero-order valence-corrected chi connectivity index (χ0v) is 34.2. The quantitative estimate of drug-likeness (QED) is 0.165. The number of carboxylic acid groups (broad SMARTS) is 1. The van der Waals surface area contributed by atoms with Gasteiger partial charge in [-0.1, -0.05) is 85.2 Å². The molecule has 13 nitrogen and oxygen atoms in total. The molecule has 0 saturated carbocycles. The second kappa shape index (κ2) is 20.0. The van der Waals surface area contributed by atoms with Gasteiger partial charge in [-0.15, -0.1) is 0 Å². The molecule has 8 atom stereocenters. The maximum atomic E-state index is 14.3. The highest BCUT2D eigenvalue weighted by Crippen LogP contribution is 2.30. The first-order chi connectivity index (χ1) is 25.5. The maximum absolute atomic E-state index is 14.3. The van der Waals surface area contributed by atoms with Crippen LogP contribution in [0, 0.1) is 17.8 Å². The number of carboxylic acids is 1. The Hall–Kier alpha value is -4.10. The van der Waals surface area contributed by atoms with Crippen molar-refractivity contribution in [1.82, 2.24) is 25.1 Å². The number of carbonyl (C=O) groups excluding carboxylic acids is 3. The molecule has 2 aromatic rings. The van der Waals surface area contributed by atoms with Gasteiger partial charge in [0.2, 0.25) is 23.7 Å². The van der Waals surface area contributed by atoms with E-state index in [9.17, 15) is 24.3 Å². The highest BCUT2D eigenvalue weighted by atomic mass is 16.5.